The van der Waals surface area contributed by atoms with Crippen LogP contribution in [0.25, 0.3) is 0 Å². The fraction of sp³-hybridized carbons (Fsp3) is 0.294. The molecule has 1 N–H and O–H groups in total. The van der Waals surface area contributed by atoms with Gasteiger partial charge in [-0.15, -0.1) is 0 Å². The number of hydrogen-bond donors (Lipinski definition) is 1. The molecule has 1 aromatic carbocycles. The maximum Gasteiger partial charge on any atom is 0.220 e. The van der Waals surface area contributed by atoms with E-state index in [0.29, 0.717) is 5.56 Å². The first-order valence-corrected chi connectivity index (χ1v) is 7.06. The van der Waals surface area contributed by atoms with Crippen molar-refractivity contribution in [3.8, 4) is 0 Å². The molecule has 0 saturated carbocycles. The van der Waals surface area contributed by atoms with Crippen molar-refractivity contribution >= 4 is 11.7 Å². The molecule has 1 heterocycles. The number of ketones is 1. The summed E-state index contributed by atoms with van der Waals surface area (Å²) in [5.41, 5.74) is 1.71. The van der Waals surface area contributed by atoms with Crippen LogP contribution in [0.2, 0.25) is 0 Å². The number of aromatic nitrogens is 1. The van der Waals surface area contributed by atoms with Crippen molar-refractivity contribution in [2.24, 2.45) is 7.05 Å². The summed E-state index contributed by atoms with van der Waals surface area (Å²) in [7, 11) is 1.94. The number of rotatable bonds is 6. The molecule has 1 atom stereocenters. The Bertz CT molecular complexity index is 617. The van der Waals surface area contributed by atoms with E-state index in [0.717, 1.165) is 5.56 Å². The summed E-state index contributed by atoms with van der Waals surface area (Å²) in [4.78, 5) is 23.8. The number of nitrogens with zero attached hydrogens (tertiary/aromatic N) is 1. The number of carbonyl (C=O) groups excluding carboxylic acids is 2. The molecule has 0 spiro atoms. The molecule has 21 heavy (non-hydrogen) atoms. The topological polar surface area (TPSA) is 51.1 Å². The minimum atomic E-state index is -0.101. The molecule has 4 heteroatoms. The summed E-state index contributed by atoms with van der Waals surface area (Å²) < 4.78 is 1.94. The fourth-order valence-electron chi connectivity index (χ4n) is 2.17. The first-order chi connectivity index (χ1) is 10.1. The Balaban J connectivity index is 1.81. The van der Waals surface area contributed by atoms with Gasteiger partial charge in [0, 0.05) is 37.8 Å². The normalized spacial score (nSPS) is 11.9. The monoisotopic (exact) mass is 284 g/mol. The summed E-state index contributed by atoms with van der Waals surface area (Å²) in [6, 6.07) is 11.0. The van der Waals surface area contributed by atoms with E-state index in [1.807, 2.05) is 55.2 Å². The molecule has 0 aliphatic rings. The van der Waals surface area contributed by atoms with Crippen molar-refractivity contribution < 1.29 is 9.59 Å². The second-order valence-corrected chi connectivity index (χ2v) is 5.19. The summed E-state index contributed by atoms with van der Waals surface area (Å²) >= 11 is 0. The SMILES string of the molecule is CC(NC(=O)CCC(=O)c1ccccc1)c1ccn(C)c1. The Hall–Kier alpha value is -2.36. The molecule has 2 aromatic rings. The van der Waals surface area contributed by atoms with Gasteiger partial charge in [0.15, 0.2) is 5.78 Å². The maximum atomic E-state index is 11.9. The number of nitrogens with one attached hydrogen (secondary N) is 1. The predicted molar refractivity (Wildman–Crippen MR) is 82.0 cm³/mol. The molecule has 4 nitrogen and oxygen atoms in total. The van der Waals surface area contributed by atoms with Gasteiger partial charge in [-0.3, -0.25) is 9.59 Å². The van der Waals surface area contributed by atoms with E-state index in [1.54, 1.807) is 12.1 Å². The highest BCUT2D eigenvalue weighted by Gasteiger charge is 2.12. The second kappa shape index (κ2) is 6.88. The summed E-state index contributed by atoms with van der Waals surface area (Å²) in [6.07, 6.45) is 4.36. The van der Waals surface area contributed by atoms with E-state index in [1.165, 1.54) is 0 Å². The van der Waals surface area contributed by atoms with Gasteiger partial charge >= 0.3 is 0 Å². The van der Waals surface area contributed by atoms with Gasteiger partial charge in [0.05, 0.1) is 6.04 Å². The van der Waals surface area contributed by atoms with Crippen molar-refractivity contribution in [3.63, 3.8) is 0 Å². The van der Waals surface area contributed by atoms with E-state index >= 15 is 0 Å². The lowest BCUT2D eigenvalue weighted by molar-refractivity contribution is -0.121. The van der Waals surface area contributed by atoms with Crippen molar-refractivity contribution in [1.82, 2.24) is 9.88 Å². The highest BCUT2D eigenvalue weighted by molar-refractivity contribution is 5.97. The van der Waals surface area contributed by atoms with Crippen molar-refractivity contribution in [2.75, 3.05) is 0 Å². The first-order valence-electron chi connectivity index (χ1n) is 7.06. The Morgan fingerprint density at radius 3 is 2.48 bits per heavy atom. The molecule has 0 aliphatic carbocycles. The zero-order valence-corrected chi connectivity index (χ0v) is 12.4. The zero-order valence-electron chi connectivity index (χ0n) is 12.4. The predicted octanol–water partition coefficient (Wildman–Crippen LogP) is 2.87. The molecule has 0 aliphatic heterocycles. The minimum Gasteiger partial charge on any atom is -0.357 e. The molecule has 2 rings (SSSR count). The Labute approximate surface area is 124 Å². The van der Waals surface area contributed by atoms with E-state index in [-0.39, 0.29) is 30.6 Å². The zero-order chi connectivity index (χ0) is 15.2. The van der Waals surface area contributed by atoms with E-state index in [9.17, 15) is 9.59 Å². The number of benzene rings is 1. The standard InChI is InChI=1S/C17H20N2O2/c1-13(15-10-11-19(2)12-15)18-17(21)9-8-16(20)14-6-4-3-5-7-14/h3-7,10-13H,8-9H2,1-2H3,(H,18,21). The number of carbonyl (C=O) groups is 2. The highest BCUT2D eigenvalue weighted by Crippen LogP contribution is 2.12. The number of hydrogen-bond acceptors (Lipinski definition) is 2. The van der Waals surface area contributed by atoms with Crippen LogP contribution < -0.4 is 5.32 Å². The van der Waals surface area contributed by atoms with Crippen LogP contribution in [0.15, 0.2) is 48.8 Å². The van der Waals surface area contributed by atoms with Crippen LogP contribution in [0.4, 0.5) is 0 Å². The third-order valence-electron chi connectivity index (χ3n) is 3.41. The molecule has 0 saturated heterocycles. The van der Waals surface area contributed by atoms with Crippen molar-refractivity contribution in [2.45, 2.75) is 25.8 Å². The average Bonchev–Trinajstić information content (AvgIpc) is 2.92. The lowest BCUT2D eigenvalue weighted by Crippen LogP contribution is -2.26. The lowest BCUT2D eigenvalue weighted by Gasteiger charge is -2.12. The smallest absolute Gasteiger partial charge is 0.220 e. The van der Waals surface area contributed by atoms with Crippen LogP contribution >= 0.6 is 0 Å². The summed E-state index contributed by atoms with van der Waals surface area (Å²) in [6.45, 7) is 1.94. The molecule has 1 unspecified atom stereocenters. The van der Waals surface area contributed by atoms with E-state index < -0.39 is 0 Å². The van der Waals surface area contributed by atoms with Crippen LogP contribution in [0.5, 0.6) is 0 Å². The van der Waals surface area contributed by atoms with Crippen molar-refractivity contribution in [1.29, 1.82) is 0 Å². The van der Waals surface area contributed by atoms with Gasteiger partial charge < -0.3 is 9.88 Å². The van der Waals surface area contributed by atoms with Crippen molar-refractivity contribution in [3.05, 3.63) is 59.9 Å². The van der Waals surface area contributed by atoms with Gasteiger partial charge in [0.25, 0.3) is 0 Å². The Morgan fingerprint density at radius 2 is 1.86 bits per heavy atom. The van der Waals surface area contributed by atoms with Crippen LogP contribution in [-0.2, 0) is 11.8 Å². The van der Waals surface area contributed by atoms with Gasteiger partial charge in [0.1, 0.15) is 0 Å². The molecule has 110 valence electrons. The number of aryl methyl sites for hydroxylation is 1. The fourth-order valence-corrected chi connectivity index (χ4v) is 2.17. The van der Waals surface area contributed by atoms with Gasteiger partial charge in [-0.2, -0.15) is 0 Å². The summed E-state index contributed by atoms with van der Waals surface area (Å²) in [5.74, 6) is -0.103. The van der Waals surface area contributed by atoms with Crippen LogP contribution in [-0.4, -0.2) is 16.3 Å². The van der Waals surface area contributed by atoms with E-state index in [4.69, 9.17) is 0 Å². The Morgan fingerprint density at radius 1 is 1.14 bits per heavy atom. The minimum absolute atomic E-state index is 0.00175. The highest BCUT2D eigenvalue weighted by atomic mass is 16.2. The Kier molecular flexibility index (Phi) is 4.93. The third kappa shape index (κ3) is 4.31. The van der Waals surface area contributed by atoms with Crippen LogP contribution in [0.3, 0.4) is 0 Å². The molecule has 0 fully saturated rings. The largest absolute Gasteiger partial charge is 0.357 e. The third-order valence-corrected chi connectivity index (χ3v) is 3.41. The maximum absolute atomic E-state index is 11.9. The molecular formula is C17H20N2O2. The van der Waals surface area contributed by atoms with Gasteiger partial charge in [-0.05, 0) is 18.6 Å². The molecule has 0 bridgehead atoms. The molecule has 0 radical (unpaired) electrons. The first kappa shape index (κ1) is 15.0. The number of Topliss-reactive ketones (excluding diaryl/α,β-unsaturated/α-hetero) is 1. The second-order valence-electron chi connectivity index (χ2n) is 5.19. The number of amides is 1. The van der Waals surface area contributed by atoms with Gasteiger partial charge in [-0.25, -0.2) is 0 Å². The molecule has 1 amide bonds. The average molecular weight is 284 g/mol. The van der Waals surface area contributed by atoms with Gasteiger partial charge in [0.2, 0.25) is 5.91 Å². The van der Waals surface area contributed by atoms with Crippen LogP contribution in [0, 0.1) is 0 Å². The lowest BCUT2D eigenvalue weighted by atomic mass is 10.1. The molecule has 1 aromatic heterocycles. The summed E-state index contributed by atoms with van der Waals surface area (Å²) in [5, 5.41) is 2.91. The molecular weight excluding hydrogens is 264 g/mol. The quantitative estimate of drug-likeness (QED) is 0.829. The van der Waals surface area contributed by atoms with Gasteiger partial charge in [-0.1, -0.05) is 30.3 Å². The van der Waals surface area contributed by atoms with Crippen LogP contribution in [0.1, 0.15) is 41.7 Å². The van der Waals surface area contributed by atoms with E-state index in [2.05, 4.69) is 5.32 Å².